The highest BCUT2D eigenvalue weighted by molar-refractivity contribution is 6.11. The maximum absolute atomic E-state index is 5.95. The Labute approximate surface area is 159 Å². The molecule has 0 amide bonds. The fraction of sp³-hybridized carbons (Fsp3) is 0.500. The van der Waals surface area contributed by atoms with Gasteiger partial charge in [0.05, 0.1) is 29.8 Å². The van der Waals surface area contributed by atoms with Gasteiger partial charge in [0.2, 0.25) is 0 Å². The summed E-state index contributed by atoms with van der Waals surface area (Å²) in [5.74, 6) is 1.88. The van der Waals surface area contributed by atoms with Crippen molar-refractivity contribution in [1.82, 2.24) is 15.0 Å². The van der Waals surface area contributed by atoms with Crippen molar-refractivity contribution in [1.29, 1.82) is 0 Å². The third-order valence-corrected chi connectivity index (χ3v) is 6.00. The van der Waals surface area contributed by atoms with E-state index in [1.54, 1.807) is 0 Å². The SMILES string of the molecule is CC1(CN)CCN(c2cnc3c(n2)CN=C3N2CCCc3ncccc32)C1. The van der Waals surface area contributed by atoms with E-state index in [9.17, 15) is 0 Å². The molecule has 1 unspecified atom stereocenters. The van der Waals surface area contributed by atoms with Crippen molar-refractivity contribution in [3.05, 3.63) is 41.6 Å². The van der Waals surface area contributed by atoms with E-state index in [1.165, 1.54) is 0 Å². The fourth-order valence-electron chi connectivity index (χ4n) is 4.30. The van der Waals surface area contributed by atoms with Gasteiger partial charge in [-0.25, -0.2) is 9.97 Å². The number of aliphatic imine (C=N–C) groups is 1. The van der Waals surface area contributed by atoms with Crippen LogP contribution in [-0.4, -0.2) is 47.0 Å². The number of hydrogen-bond acceptors (Lipinski definition) is 7. The fourth-order valence-corrected chi connectivity index (χ4v) is 4.30. The number of hydrogen-bond donors (Lipinski definition) is 1. The van der Waals surface area contributed by atoms with Gasteiger partial charge in [-0.15, -0.1) is 0 Å². The van der Waals surface area contributed by atoms with Crippen LogP contribution in [-0.2, 0) is 13.0 Å². The second kappa shape index (κ2) is 6.27. The molecule has 7 nitrogen and oxygen atoms in total. The molecule has 2 aromatic rings. The maximum Gasteiger partial charge on any atom is 0.156 e. The molecule has 1 atom stereocenters. The molecule has 0 aliphatic carbocycles. The Kier molecular flexibility index (Phi) is 3.86. The summed E-state index contributed by atoms with van der Waals surface area (Å²) in [6, 6.07) is 4.12. The van der Waals surface area contributed by atoms with E-state index in [2.05, 4.69) is 27.8 Å². The first-order valence-electron chi connectivity index (χ1n) is 9.74. The molecule has 3 aliphatic heterocycles. The van der Waals surface area contributed by atoms with Crippen molar-refractivity contribution in [3.63, 3.8) is 0 Å². The lowest BCUT2D eigenvalue weighted by molar-refractivity contribution is 0.383. The molecule has 5 rings (SSSR count). The average Bonchev–Trinajstić information content (AvgIpc) is 3.31. The van der Waals surface area contributed by atoms with Crippen molar-refractivity contribution >= 4 is 17.3 Å². The summed E-state index contributed by atoms with van der Waals surface area (Å²) in [7, 11) is 0. The van der Waals surface area contributed by atoms with E-state index in [1.807, 2.05) is 18.5 Å². The number of aryl methyl sites for hydroxylation is 1. The standard InChI is InChI=1S/C20H25N7/c1-20(12-21)6-9-26(13-20)17-11-23-18-15(25-17)10-24-19(18)27-8-3-4-14-16(27)5-2-7-22-14/h2,5,7,11H,3-4,6,8-10,12-13,21H2,1H3. The highest BCUT2D eigenvalue weighted by atomic mass is 15.3. The van der Waals surface area contributed by atoms with Gasteiger partial charge in [-0.2, -0.15) is 0 Å². The molecule has 1 fully saturated rings. The summed E-state index contributed by atoms with van der Waals surface area (Å²) in [6.45, 7) is 6.42. The summed E-state index contributed by atoms with van der Waals surface area (Å²) < 4.78 is 0. The number of rotatable bonds is 2. The van der Waals surface area contributed by atoms with Crippen molar-refractivity contribution in [2.45, 2.75) is 32.7 Å². The number of pyridine rings is 1. The summed E-state index contributed by atoms with van der Waals surface area (Å²) in [5.41, 5.74) is 10.3. The van der Waals surface area contributed by atoms with Crippen molar-refractivity contribution < 1.29 is 0 Å². The normalized spacial score (nSPS) is 24.0. The van der Waals surface area contributed by atoms with E-state index in [-0.39, 0.29) is 5.41 Å². The Morgan fingerprint density at radius 3 is 3.00 bits per heavy atom. The van der Waals surface area contributed by atoms with E-state index in [4.69, 9.17) is 20.7 Å². The lowest BCUT2D eigenvalue weighted by atomic mass is 9.90. The van der Waals surface area contributed by atoms with Crippen molar-refractivity contribution in [2.24, 2.45) is 16.1 Å². The second-order valence-corrected chi connectivity index (χ2v) is 8.07. The summed E-state index contributed by atoms with van der Waals surface area (Å²) in [4.78, 5) is 23.6. The zero-order valence-corrected chi connectivity index (χ0v) is 15.7. The Morgan fingerprint density at radius 1 is 1.22 bits per heavy atom. The Balaban J connectivity index is 1.42. The van der Waals surface area contributed by atoms with Crippen LogP contribution in [0, 0.1) is 5.41 Å². The minimum atomic E-state index is 0.173. The van der Waals surface area contributed by atoms with E-state index >= 15 is 0 Å². The number of nitrogens with zero attached hydrogens (tertiary/aromatic N) is 6. The van der Waals surface area contributed by atoms with Gasteiger partial charge in [0.25, 0.3) is 0 Å². The van der Waals surface area contributed by atoms with E-state index in [0.717, 1.165) is 73.3 Å². The Bertz CT molecular complexity index is 909. The summed E-state index contributed by atoms with van der Waals surface area (Å²) >= 11 is 0. The molecular weight excluding hydrogens is 338 g/mol. The smallest absolute Gasteiger partial charge is 0.156 e. The average molecular weight is 363 g/mol. The molecule has 2 aromatic heterocycles. The topological polar surface area (TPSA) is 83.5 Å². The zero-order valence-electron chi connectivity index (χ0n) is 15.7. The van der Waals surface area contributed by atoms with Crippen LogP contribution >= 0.6 is 0 Å². The Hall–Kier alpha value is -2.54. The quantitative estimate of drug-likeness (QED) is 0.875. The summed E-state index contributed by atoms with van der Waals surface area (Å²) in [5, 5.41) is 0. The predicted molar refractivity (Wildman–Crippen MR) is 106 cm³/mol. The third kappa shape index (κ3) is 2.77. The van der Waals surface area contributed by atoms with Crippen molar-refractivity contribution in [3.8, 4) is 0 Å². The van der Waals surface area contributed by atoms with Gasteiger partial charge < -0.3 is 15.5 Å². The zero-order chi connectivity index (χ0) is 18.4. The number of anilines is 2. The van der Waals surface area contributed by atoms with Crippen LogP contribution in [0.1, 0.15) is 36.8 Å². The molecule has 1 saturated heterocycles. The largest absolute Gasteiger partial charge is 0.355 e. The van der Waals surface area contributed by atoms with Gasteiger partial charge >= 0.3 is 0 Å². The Morgan fingerprint density at radius 2 is 2.15 bits per heavy atom. The monoisotopic (exact) mass is 363 g/mol. The number of amidine groups is 1. The van der Waals surface area contributed by atoms with E-state index in [0.29, 0.717) is 13.1 Å². The van der Waals surface area contributed by atoms with Gasteiger partial charge in [0.1, 0.15) is 11.5 Å². The summed E-state index contributed by atoms with van der Waals surface area (Å²) in [6.07, 6.45) is 6.96. The van der Waals surface area contributed by atoms with Gasteiger partial charge in [-0.1, -0.05) is 6.92 Å². The van der Waals surface area contributed by atoms with Crippen LogP contribution in [0.4, 0.5) is 11.5 Å². The van der Waals surface area contributed by atoms with Crippen molar-refractivity contribution in [2.75, 3.05) is 36.0 Å². The van der Waals surface area contributed by atoms with Gasteiger partial charge in [0.15, 0.2) is 5.84 Å². The van der Waals surface area contributed by atoms with Gasteiger partial charge in [-0.3, -0.25) is 9.98 Å². The van der Waals surface area contributed by atoms with Gasteiger partial charge in [0, 0.05) is 25.8 Å². The lowest BCUT2D eigenvalue weighted by Gasteiger charge is -2.30. The second-order valence-electron chi connectivity index (χ2n) is 8.07. The minimum Gasteiger partial charge on any atom is -0.355 e. The molecule has 2 N–H and O–H groups in total. The van der Waals surface area contributed by atoms with Crippen LogP contribution < -0.4 is 15.5 Å². The first kappa shape index (κ1) is 16.6. The molecule has 0 bridgehead atoms. The molecule has 0 radical (unpaired) electrons. The molecule has 0 saturated carbocycles. The molecule has 7 heteroatoms. The molecule has 0 aromatic carbocycles. The lowest BCUT2D eigenvalue weighted by Crippen LogP contribution is -2.36. The maximum atomic E-state index is 5.95. The first-order chi connectivity index (χ1) is 13.2. The molecule has 5 heterocycles. The molecule has 140 valence electrons. The van der Waals surface area contributed by atoms with Crippen LogP contribution in [0.2, 0.25) is 0 Å². The highest BCUT2D eigenvalue weighted by Crippen LogP contribution is 2.33. The molecular formula is C20H25N7. The van der Waals surface area contributed by atoms with Crippen LogP contribution in [0.25, 0.3) is 0 Å². The van der Waals surface area contributed by atoms with Crippen LogP contribution in [0.3, 0.4) is 0 Å². The first-order valence-corrected chi connectivity index (χ1v) is 9.74. The molecule has 3 aliphatic rings. The van der Waals surface area contributed by atoms with Gasteiger partial charge in [-0.05, 0) is 43.4 Å². The number of fused-ring (bicyclic) bond motifs is 2. The number of aromatic nitrogens is 3. The predicted octanol–water partition coefficient (Wildman–Crippen LogP) is 1.76. The molecule has 0 spiro atoms. The minimum absolute atomic E-state index is 0.173. The molecule has 27 heavy (non-hydrogen) atoms. The van der Waals surface area contributed by atoms with E-state index < -0.39 is 0 Å². The van der Waals surface area contributed by atoms with Crippen LogP contribution in [0.5, 0.6) is 0 Å². The highest BCUT2D eigenvalue weighted by Gasteiger charge is 2.34. The van der Waals surface area contributed by atoms with Crippen LogP contribution in [0.15, 0.2) is 29.5 Å². The third-order valence-electron chi connectivity index (χ3n) is 6.00. The number of nitrogens with two attached hydrogens (primary N) is 1.